The lowest BCUT2D eigenvalue weighted by atomic mass is 9.93. The number of rotatable bonds is 6. The summed E-state index contributed by atoms with van der Waals surface area (Å²) in [5.74, 6) is -1.68. The highest BCUT2D eigenvalue weighted by molar-refractivity contribution is 5.83. The summed E-state index contributed by atoms with van der Waals surface area (Å²) in [6, 6.07) is 4.62. The number of nitrogens with two attached hydrogens (primary N) is 1. The smallest absolute Gasteiger partial charge is 0.419 e. The lowest BCUT2D eigenvalue weighted by Crippen LogP contribution is -2.45. The molecule has 0 saturated heterocycles. The van der Waals surface area contributed by atoms with Crippen molar-refractivity contribution >= 4 is 11.8 Å². The van der Waals surface area contributed by atoms with Gasteiger partial charge in [-0.2, -0.15) is 13.2 Å². The molecule has 0 bridgehead atoms. The highest BCUT2D eigenvalue weighted by atomic mass is 19.4. The summed E-state index contributed by atoms with van der Waals surface area (Å²) in [5, 5.41) is 2.44. The molecule has 128 valence electrons. The molecule has 0 radical (unpaired) electrons. The van der Waals surface area contributed by atoms with E-state index in [0.29, 0.717) is 0 Å². The monoisotopic (exact) mass is 332 g/mol. The van der Waals surface area contributed by atoms with Gasteiger partial charge < -0.3 is 15.8 Å². The fourth-order valence-corrected chi connectivity index (χ4v) is 1.59. The Morgan fingerprint density at radius 3 is 2.35 bits per heavy atom. The number of benzene rings is 1. The van der Waals surface area contributed by atoms with Gasteiger partial charge in [0.25, 0.3) is 5.91 Å². The Bertz CT molecular complexity index is 586. The number of para-hydroxylation sites is 1. The van der Waals surface area contributed by atoms with Crippen LogP contribution in [0.2, 0.25) is 0 Å². The summed E-state index contributed by atoms with van der Waals surface area (Å²) < 4.78 is 43.7. The lowest BCUT2D eigenvalue weighted by molar-refractivity contribution is -0.141. The number of amides is 2. The van der Waals surface area contributed by atoms with Crippen LogP contribution in [0, 0.1) is 5.41 Å². The van der Waals surface area contributed by atoms with E-state index in [1.54, 1.807) is 13.8 Å². The summed E-state index contributed by atoms with van der Waals surface area (Å²) in [6.07, 6.45) is -5.75. The number of hydrogen-bond donors (Lipinski definition) is 2. The number of alkyl halides is 3. The summed E-state index contributed by atoms with van der Waals surface area (Å²) in [4.78, 5) is 23.1. The molecule has 1 aromatic carbocycles. The third kappa shape index (κ3) is 5.15. The van der Waals surface area contributed by atoms with Gasteiger partial charge in [-0.3, -0.25) is 9.59 Å². The number of halogens is 3. The Kier molecular flexibility index (Phi) is 5.63. The molecule has 1 rings (SSSR count). The number of carbonyl (C=O) groups is 2. The van der Waals surface area contributed by atoms with Crippen LogP contribution in [0.1, 0.15) is 26.3 Å². The van der Waals surface area contributed by atoms with Crippen molar-refractivity contribution in [1.29, 1.82) is 0 Å². The van der Waals surface area contributed by atoms with Crippen molar-refractivity contribution in [2.75, 3.05) is 6.54 Å². The van der Waals surface area contributed by atoms with Crippen molar-refractivity contribution in [3.63, 3.8) is 0 Å². The molecule has 0 saturated carbocycles. The number of ether oxygens (including phenoxy) is 1. The van der Waals surface area contributed by atoms with Crippen molar-refractivity contribution in [3.8, 4) is 5.75 Å². The lowest BCUT2D eigenvalue weighted by Gasteiger charge is -2.23. The Hall–Kier alpha value is -2.25. The second kappa shape index (κ2) is 6.89. The standard InChI is InChI=1S/C15H19F3N2O3/c1-9(12(21)20-8-14(2,3)13(19)22)23-11-7-5-4-6-10(11)15(16,17)18/h4-7,9H,8H2,1-3H3,(H2,19,22)(H,20,21)/t9-/m0/s1. The van der Waals surface area contributed by atoms with Crippen LogP contribution < -0.4 is 15.8 Å². The Morgan fingerprint density at radius 1 is 1.26 bits per heavy atom. The van der Waals surface area contributed by atoms with Gasteiger partial charge in [0.15, 0.2) is 6.10 Å². The van der Waals surface area contributed by atoms with E-state index in [-0.39, 0.29) is 6.54 Å². The molecule has 0 aliphatic heterocycles. The molecule has 5 nitrogen and oxygen atoms in total. The van der Waals surface area contributed by atoms with Gasteiger partial charge in [-0.1, -0.05) is 12.1 Å². The quantitative estimate of drug-likeness (QED) is 0.837. The third-order valence-corrected chi connectivity index (χ3v) is 3.24. The zero-order valence-corrected chi connectivity index (χ0v) is 13.0. The normalized spacial score (nSPS) is 13.3. The van der Waals surface area contributed by atoms with E-state index in [9.17, 15) is 22.8 Å². The summed E-state index contributed by atoms with van der Waals surface area (Å²) in [7, 11) is 0. The molecule has 1 atom stereocenters. The number of primary amides is 1. The van der Waals surface area contributed by atoms with Gasteiger partial charge in [-0.25, -0.2) is 0 Å². The molecule has 2 amide bonds. The van der Waals surface area contributed by atoms with Gasteiger partial charge in [0.2, 0.25) is 5.91 Å². The molecule has 0 spiro atoms. The first kappa shape index (κ1) is 18.8. The van der Waals surface area contributed by atoms with Crippen LogP contribution >= 0.6 is 0 Å². The van der Waals surface area contributed by atoms with Gasteiger partial charge in [0, 0.05) is 6.54 Å². The number of nitrogens with one attached hydrogen (secondary N) is 1. The molecule has 0 fully saturated rings. The van der Waals surface area contributed by atoms with Crippen LogP contribution in [0.5, 0.6) is 5.75 Å². The molecular weight excluding hydrogens is 313 g/mol. The van der Waals surface area contributed by atoms with Crippen LogP contribution in [0.25, 0.3) is 0 Å². The predicted molar refractivity (Wildman–Crippen MR) is 77.5 cm³/mol. The van der Waals surface area contributed by atoms with Crippen molar-refractivity contribution in [2.24, 2.45) is 11.1 Å². The number of carbonyl (C=O) groups excluding carboxylic acids is 2. The molecule has 0 heterocycles. The molecule has 8 heteroatoms. The van der Waals surface area contributed by atoms with Gasteiger partial charge in [0.1, 0.15) is 5.75 Å². The molecule has 0 aromatic heterocycles. The van der Waals surface area contributed by atoms with E-state index in [2.05, 4.69) is 5.32 Å². The van der Waals surface area contributed by atoms with Crippen LogP contribution in [0.3, 0.4) is 0 Å². The van der Waals surface area contributed by atoms with Crippen LogP contribution in [-0.2, 0) is 15.8 Å². The minimum atomic E-state index is -4.58. The molecule has 1 aromatic rings. The second-order valence-electron chi connectivity index (χ2n) is 5.72. The van der Waals surface area contributed by atoms with Crippen LogP contribution in [-0.4, -0.2) is 24.5 Å². The highest BCUT2D eigenvalue weighted by Gasteiger charge is 2.35. The fraction of sp³-hybridized carbons (Fsp3) is 0.467. The molecular formula is C15H19F3N2O3. The maximum atomic E-state index is 12.9. The first-order chi connectivity index (χ1) is 10.4. The maximum absolute atomic E-state index is 12.9. The Labute approximate surface area is 132 Å². The van der Waals surface area contributed by atoms with E-state index in [0.717, 1.165) is 12.1 Å². The fourth-order valence-electron chi connectivity index (χ4n) is 1.59. The minimum absolute atomic E-state index is 0.0458. The van der Waals surface area contributed by atoms with Gasteiger partial charge in [0.05, 0.1) is 11.0 Å². The first-order valence-corrected chi connectivity index (χ1v) is 6.85. The molecule has 0 aliphatic carbocycles. The van der Waals surface area contributed by atoms with Gasteiger partial charge in [-0.05, 0) is 32.9 Å². The zero-order valence-electron chi connectivity index (χ0n) is 13.0. The molecule has 0 aliphatic rings. The Morgan fingerprint density at radius 2 is 1.83 bits per heavy atom. The van der Waals surface area contributed by atoms with Gasteiger partial charge in [-0.15, -0.1) is 0 Å². The van der Waals surface area contributed by atoms with E-state index >= 15 is 0 Å². The van der Waals surface area contributed by atoms with E-state index in [1.165, 1.54) is 19.1 Å². The highest BCUT2D eigenvalue weighted by Crippen LogP contribution is 2.36. The first-order valence-electron chi connectivity index (χ1n) is 6.85. The third-order valence-electron chi connectivity index (χ3n) is 3.24. The van der Waals surface area contributed by atoms with E-state index < -0.39 is 40.8 Å². The average molecular weight is 332 g/mol. The van der Waals surface area contributed by atoms with E-state index in [4.69, 9.17) is 10.5 Å². The van der Waals surface area contributed by atoms with Gasteiger partial charge >= 0.3 is 6.18 Å². The predicted octanol–water partition coefficient (Wildman–Crippen LogP) is 2.10. The summed E-state index contributed by atoms with van der Waals surface area (Å²) in [6.45, 7) is 4.36. The van der Waals surface area contributed by atoms with Crippen molar-refractivity contribution in [3.05, 3.63) is 29.8 Å². The average Bonchev–Trinajstić information content (AvgIpc) is 2.44. The summed E-state index contributed by atoms with van der Waals surface area (Å²) >= 11 is 0. The Balaban J connectivity index is 2.75. The van der Waals surface area contributed by atoms with Crippen molar-refractivity contribution in [2.45, 2.75) is 33.1 Å². The zero-order chi connectivity index (χ0) is 17.8. The molecule has 3 N–H and O–H groups in total. The minimum Gasteiger partial charge on any atom is -0.480 e. The van der Waals surface area contributed by atoms with Crippen LogP contribution in [0.15, 0.2) is 24.3 Å². The largest absolute Gasteiger partial charge is 0.480 e. The number of hydrogen-bond acceptors (Lipinski definition) is 3. The molecule has 0 unspecified atom stereocenters. The maximum Gasteiger partial charge on any atom is 0.419 e. The molecule has 23 heavy (non-hydrogen) atoms. The second-order valence-corrected chi connectivity index (χ2v) is 5.72. The topological polar surface area (TPSA) is 81.4 Å². The van der Waals surface area contributed by atoms with E-state index in [1.807, 2.05) is 0 Å². The summed E-state index contributed by atoms with van der Waals surface area (Å²) in [5.41, 5.74) is 3.24. The van der Waals surface area contributed by atoms with Crippen molar-refractivity contribution in [1.82, 2.24) is 5.32 Å². The van der Waals surface area contributed by atoms with Crippen LogP contribution in [0.4, 0.5) is 13.2 Å². The SMILES string of the molecule is C[C@H](Oc1ccccc1C(F)(F)F)C(=O)NCC(C)(C)C(N)=O. The van der Waals surface area contributed by atoms with Crippen molar-refractivity contribution < 1.29 is 27.5 Å².